The standard InChI is InChI=1S/C23H29N3O4S/c24-18-8-5-16(6-9-18)12-15-30-14-3-1-2-4-20(28)25-13-11-17-7-10-19(27)21-22(17)31-23(29)26-21/h5-10,27H,1-4,11-15,24H2,(H,25,28)(H,26,29). The average Bonchev–Trinajstić information content (AvgIpc) is 3.15. The van der Waals surface area contributed by atoms with Crippen LogP contribution in [0.25, 0.3) is 10.2 Å². The number of carbonyl (C=O) groups excluding carboxylic acids is 1. The molecule has 5 N–H and O–H groups in total. The number of rotatable bonds is 12. The van der Waals surface area contributed by atoms with Crippen molar-refractivity contribution >= 4 is 33.1 Å². The number of unbranched alkanes of at least 4 members (excludes halogenated alkanes) is 2. The van der Waals surface area contributed by atoms with Gasteiger partial charge in [0.15, 0.2) is 0 Å². The first-order valence-electron chi connectivity index (χ1n) is 10.6. The number of nitrogens with one attached hydrogen (secondary N) is 2. The topological polar surface area (TPSA) is 117 Å². The molecule has 0 saturated heterocycles. The third kappa shape index (κ3) is 7.11. The molecule has 0 saturated carbocycles. The van der Waals surface area contributed by atoms with Crippen molar-refractivity contribution < 1.29 is 14.6 Å². The number of aromatic hydroxyl groups is 1. The van der Waals surface area contributed by atoms with Crippen LogP contribution < -0.4 is 15.9 Å². The van der Waals surface area contributed by atoms with Gasteiger partial charge in [-0.3, -0.25) is 9.59 Å². The molecular formula is C23H29N3O4S. The Hall–Kier alpha value is -2.84. The number of nitrogen functional groups attached to an aromatic ring is 1. The van der Waals surface area contributed by atoms with Gasteiger partial charge < -0.3 is 25.9 Å². The Labute approximate surface area is 185 Å². The highest BCUT2D eigenvalue weighted by Crippen LogP contribution is 2.27. The molecule has 1 amide bonds. The van der Waals surface area contributed by atoms with Crippen molar-refractivity contribution in [3.63, 3.8) is 0 Å². The zero-order valence-corrected chi connectivity index (χ0v) is 18.3. The summed E-state index contributed by atoms with van der Waals surface area (Å²) in [4.78, 5) is 26.0. The lowest BCUT2D eigenvalue weighted by atomic mass is 10.1. The van der Waals surface area contributed by atoms with E-state index in [1.54, 1.807) is 12.1 Å². The van der Waals surface area contributed by atoms with E-state index in [1.165, 1.54) is 5.56 Å². The Morgan fingerprint density at radius 2 is 1.87 bits per heavy atom. The normalized spacial score (nSPS) is 11.1. The van der Waals surface area contributed by atoms with Crippen LogP contribution in [0, 0.1) is 0 Å². The number of ether oxygens (including phenoxy) is 1. The third-order valence-corrected chi connectivity index (χ3v) is 6.02. The van der Waals surface area contributed by atoms with Gasteiger partial charge in [0.2, 0.25) is 5.91 Å². The van der Waals surface area contributed by atoms with E-state index in [-0.39, 0.29) is 16.5 Å². The van der Waals surface area contributed by atoms with E-state index < -0.39 is 0 Å². The van der Waals surface area contributed by atoms with Crippen LogP contribution in [0.15, 0.2) is 41.2 Å². The first kappa shape index (κ1) is 22.8. The number of phenols is 1. The minimum atomic E-state index is -0.198. The molecule has 0 unspecified atom stereocenters. The molecule has 0 aliphatic rings. The number of hydrogen-bond acceptors (Lipinski definition) is 6. The van der Waals surface area contributed by atoms with Gasteiger partial charge in [-0.2, -0.15) is 0 Å². The molecule has 2 aromatic carbocycles. The highest BCUT2D eigenvalue weighted by atomic mass is 32.1. The molecule has 1 heterocycles. The second kappa shape index (κ2) is 11.5. The highest BCUT2D eigenvalue weighted by Gasteiger charge is 2.10. The lowest BCUT2D eigenvalue weighted by Gasteiger charge is -2.07. The SMILES string of the molecule is Nc1ccc(CCOCCCCCC(=O)NCCc2ccc(O)c3[nH]c(=O)sc23)cc1. The lowest BCUT2D eigenvalue weighted by Crippen LogP contribution is -2.25. The van der Waals surface area contributed by atoms with Crippen molar-refractivity contribution in [2.75, 3.05) is 25.5 Å². The molecule has 7 nitrogen and oxygen atoms in total. The monoisotopic (exact) mass is 443 g/mol. The summed E-state index contributed by atoms with van der Waals surface area (Å²) >= 11 is 1.08. The van der Waals surface area contributed by atoms with Gasteiger partial charge in [0.05, 0.1) is 11.3 Å². The van der Waals surface area contributed by atoms with E-state index in [2.05, 4.69) is 10.3 Å². The molecule has 8 heteroatoms. The fourth-order valence-corrected chi connectivity index (χ4v) is 4.24. The lowest BCUT2D eigenvalue weighted by molar-refractivity contribution is -0.121. The van der Waals surface area contributed by atoms with Crippen molar-refractivity contribution in [2.24, 2.45) is 0 Å². The molecule has 0 aliphatic heterocycles. The second-order valence-electron chi connectivity index (χ2n) is 7.48. The van der Waals surface area contributed by atoms with Gasteiger partial charge in [-0.1, -0.05) is 36.0 Å². The number of carbonyl (C=O) groups is 1. The second-order valence-corrected chi connectivity index (χ2v) is 8.46. The number of phenolic OH excluding ortho intramolecular Hbond substituents is 1. The first-order chi connectivity index (χ1) is 15.0. The average molecular weight is 444 g/mol. The summed E-state index contributed by atoms with van der Waals surface area (Å²) in [5, 5.41) is 12.8. The molecule has 0 atom stereocenters. The number of anilines is 1. The van der Waals surface area contributed by atoms with Gasteiger partial charge in [0, 0.05) is 25.3 Å². The molecule has 0 radical (unpaired) electrons. The maximum absolute atomic E-state index is 12.0. The summed E-state index contributed by atoms with van der Waals surface area (Å²) in [6.45, 7) is 1.89. The predicted octanol–water partition coefficient (Wildman–Crippen LogP) is 3.36. The van der Waals surface area contributed by atoms with Gasteiger partial charge in [-0.25, -0.2) is 0 Å². The summed E-state index contributed by atoms with van der Waals surface area (Å²) < 4.78 is 6.41. The van der Waals surface area contributed by atoms with Crippen molar-refractivity contribution in [1.82, 2.24) is 10.3 Å². The maximum atomic E-state index is 12.0. The molecular weight excluding hydrogens is 414 g/mol. The van der Waals surface area contributed by atoms with Crippen LogP contribution in [0.5, 0.6) is 5.75 Å². The fraction of sp³-hybridized carbons (Fsp3) is 0.391. The number of H-pyrrole nitrogens is 1. The number of aromatic nitrogens is 1. The summed E-state index contributed by atoms with van der Waals surface area (Å²) in [7, 11) is 0. The molecule has 3 rings (SSSR count). The van der Waals surface area contributed by atoms with Gasteiger partial charge in [0.25, 0.3) is 0 Å². The number of thiazole rings is 1. The number of fused-ring (bicyclic) bond motifs is 1. The van der Waals surface area contributed by atoms with Crippen molar-refractivity contribution in [3.8, 4) is 5.75 Å². The largest absolute Gasteiger partial charge is 0.506 e. The van der Waals surface area contributed by atoms with Gasteiger partial charge in [-0.15, -0.1) is 0 Å². The summed E-state index contributed by atoms with van der Waals surface area (Å²) in [5.41, 5.74) is 9.06. The smallest absolute Gasteiger partial charge is 0.305 e. The molecule has 3 aromatic rings. The Morgan fingerprint density at radius 1 is 1.06 bits per heavy atom. The van der Waals surface area contributed by atoms with Gasteiger partial charge in [-0.05, 0) is 55.0 Å². The van der Waals surface area contributed by atoms with Gasteiger partial charge in [0.1, 0.15) is 11.3 Å². The van der Waals surface area contributed by atoms with Crippen LogP contribution in [-0.2, 0) is 22.4 Å². The van der Waals surface area contributed by atoms with E-state index in [0.29, 0.717) is 38.1 Å². The van der Waals surface area contributed by atoms with Crippen LogP contribution in [0.4, 0.5) is 5.69 Å². The highest BCUT2D eigenvalue weighted by molar-refractivity contribution is 7.16. The maximum Gasteiger partial charge on any atom is 0.305 e. The van der Waals surface area contributed by atoms with Crippen LogP contribution in [-0.4, -0.2) is 35.8 Å². The minimum absolute atomic E-state index is 0.0292. The van der Waals surface area contributed by atoms with Crippen LogP contribution in [0.1, 0.15) is 36.8 Å². The van der Waals surface area contributed by atoms with E-state index in [0.717, 1.165) is 53.0 Å². The molecule has 31 heavy (non-hydrogen) atoms. The number of aromatic amines is 1. The molecule has 0 spiro atoms. The molecule has 0 aliphatic carbocycles. The Bertz CT molecular complexity index is 1040. The van der Waals surface area contributed by atoms with Crippen molar-refractivity contribution in [2.45, 2.75) is 38.5 Å². The van der Waals surface area contributed by atoms with Crippen LogP contribution >= 0.6 is 11.3 Å². The molecule has 166 valence electrons. The number of amides is 1. The van der Waals surface area contributed by atoms with Crippen molar-refractivity contribution in [1.29, 1.82) is 0 Å². The molecule has 1 aromatic heterocycles. The van der Waals surface area contributed by atoms with E-state index >= 15 is 0 Å². The number of hydrogen-bond donors (Lipinski definition) is 4. The van der Waals surface area contributed by atoms with E-state index in [1.807, 2.05) is 24.3 Å². The Balaban J connectivity index is 1.24. The Kier molecular flexibility index (Phi) is 8.49. The predicted molar refractivity (Wildman–Crippen MR) is 125 cm³/mol. The van der Waals surface area contributed by atoms with Crippen LogP contribution in [0.3, 0.4) is 0 Å². The van der Waals surface area contributed by atoms with E-state index in [9.17, 15) is 14.7 Å². The number of benzene rings is 2. The quantitative estimate of drug-likeness (QED) is 0.253. The van der Waals surface area contributed by atoms with E-state index in [4.69, 9.17) is 10.5 Å². The van der Waals surface area contributed by atoms with Gasteiger partial charge >= 0.3 is 4.87 Å². The van der Waals surface area contributed by atoms with Crippen molar-refractivity contribution in [3.05, 3.63) is 57.2 Å². The summed E-state index contributed by atoms with van der Waals surface area (Å²) in [6.07, 6.45) is 4.69. The zero-order valence-electron chi connectivity index (χ0n) is 17.5. The first-order valence-corrected chi connectivity index (χ1v) is 11.4. The summed E-state index contributed by atoms with van der Waals surface area (Å²) in [5.74, 6) is 0.0944. The third-order valence-electron chi connectivity index (χ3n) is 5.06. The minimum Gasteiger partial charge on any atom is -0.506 e. The number of nitrogens with two attached hydrogens (primary N) is 1. The summed E-state index contributed by atoms with van der Waals surface area (Å²) in [6, 6.07) is 11.2. The fourth-order valence-electron chi connectivity index (χ4n) is 3.34. The molecule has 0 fully saturated rings. The Morgan fingerprint density at radius 3 is 2.68 bits per heavy atom. The zero-order chi connectivity index (χ0) is 22.1. The van der Waals surface area contributed by atoms with Crippen LogP contribution in [0.2, 0.25) is 0 Å². The molecule has 0 bridgehead atoms.